The lowest BCUT2D eigenvalue weighted by atomic mass is 9.99. The van der Waals surface area contributed by atoms with E-state index in [1.54, 1.807) is 11.3 Å². The molecule has 0 atom stereocenters. The number of nitrogens with zero attached hydrogens (tertiary/aromatic N) is 2. The first kappa shape index (κ1) is 12.6. The molecule has 2 heterocycles. The van der Waals surface area contributed by atoms with Gasteiger partial charge in [0, 0.05) is 24.2 Å². The first-order valence-electron chi connectivity index (χ1n) is 6.74. The Morgan fingerprint density at radius 3 is 3.11 bits per heavy atom. The standard InChI is InChI=1S/C15H19N3S/c1-11-4-5-14-12(7-11)3-2-6-18(14)9-13-10-19-15(8-16)17-13/h4-5,7,10H,2-3,6,8-9,16H2,1H3. The molecule has 2 aromatic rings. The van der Waals surface area contributed by atoms with Gasteiger partial charge < -0.3 is 10.6 Å². The third kappa shape index (κ3) is 2.65. The fraction of sp³-hybridized carbons (Fsp3) is 0.400. The fourth-order valence-electron chi connectivity index (χ4n) is 2.68. The SMILES string of the molecule is Cc1ccc2c(c1)CCCN2Cc1csc(CN)n1. The number of nitrogens with two attached hydrogens (primary N) is 1. The van der Waals surface area contributed by atoms with Crippen molar-refractivity contribution in [2.45, 2.75) is 32.9 Å². The highest BCUT2D eigenvalue weighted by Gasteiger charge is 2.17. The van der Waals surface area contributed by atoms with E-state index in [1.807, 2.05) is 0 Å². The first-order valence-corrected chi connectivity index (χ1v) is 7.62. The average molecular weight is 273 g/mol. The predicted octanol–water partition coefficient (Wildman–Crippen LogP) is 2.86. The van der Waals surface area contributed by atoms with Gasteiger partial charge in [0.15, 0.2) is 0 Å². The summed E-state index contributed by atoms with van der Waals surface area (Å²) in [6.07, 6.45) is 2.42. The molecule has 0 aliphatic carbocycles. The van der Waals surface area contributed by atoms with E-state index in [2.05, 4.69) is 40.4 Å². The minimum absolute atomic E-state index is 0.542. The number of fused-ring (bicyclic) bond motifs is 1. The number of benzene rings is 1. The highest BCUT2D eigenvalue weighted by Crippen LogP contribution is 2.29. The molecule has 4 heteroatoms. The zero-order chi connectivity index (χ0) is 13.2. The second-order valence-electron chi connectivity index (χ2n) is 5.09. The Bertz CT molecular complexity index is 577. The van der Waals surface area contributed by atoms with E-state index >= 15 is 0 Å². The monoisotopic (exact) mass is 273 g/mol. The molecule has 3 rings (SSSR count). The van der Waals surface area contributed by atoms with Crippen molar-refractivity contribution in [3.05, 3.63) is 45.4 Å². The molecule has 1 aliphatic rings. The predicted molar refractivity (Wildman–Crippen MR) is 80.6 cm³/mol. The van der Waals surface area contributed by atoms with Crippen LogP contribution < -0.4 is 10.6 Å². The van der Waals surface area contributed by atoms with Gasteiger partial charge in [0.05, 0.1) is 12.2 Å². The van der Waals surface area contributed by atoms with Gasteiger partial charge in [0.25, 0.3) is 0 Å². The lowest BCUT2D eigenvalue weighted by Gasteiger charge is -2.31. The first-order chi connectivity index (χ1) is 9.26. The van der Waals surface area contributed by atoms with Crippen molar-refractivity contribution in [2.24, 2.45) is 5.73 Å². The number of thiazole rings is 1. The van der Waals surface area contributed by atoms with Gasteiger partial charge in [-0.05, 0) is 31.4 Å². The van der Waals surface area contributed by atoms with Crippen molar-refractivity contribution in [3.63, 3.8) is 0 Å². The van der Waals surface area contributed by atoms with Crippen molar-refractivity contribution < 1.29 is 0 Å². The molecule has 0 saturated carbocycles. The molecule has 1 aliphatic heterocycles. The summed E-state index contributed by atoms with van der Waals surface area (Å²) in [5.41, 5.74) is 11.0. The summed E-state index contributed by atoms with van der Waals surface area (Å²) < 4.78 is 0. The quantitative estimate of drug-likeness (QED) is 0.935. The van der Waals surface area contributed by atoms with Gasteiger partial charge in [-0.1, -0.05) is 17.7 Å². The van der Waals surface area contributed by atoms with Gasteiger partial charge in [-0.25, -0.2) is 4.98 Å². The molecule has 0 amide bonds. The van der Waals surface area contributed by atoms with Crippen LogP contribution in [0.4, 0.5) is 5.69 Å². The molecule has 0 bridgehead atoms. The number of rotatable bonds is 3. The number of aromatic nitrogens is 1. The van der Waals surface area contributed by atoms with Gasteiger partial charge in [-0.2, -0.15) is 0 Å². The number of anilines is 1. The molecule has 100 valence electrons. The molecule has 2 N–H and O–H groups in total. The van der Waals surface area contributed by atoms with Crippen LogP contribution in [0.5, 0.6) is 0 Å². The smallest absolute Gasteiger partial charge is 0.107 e. The largest absolute Gasteiger partial charge is 0.365 e. The molecule has 0 saturated heterocycles. The van der Waals surface area contributed by atoms with Gasteiger partial charge >= 0.3 is 0 Å². The average Bonchev–Trinajstić information content (AvgIpc) is 2.86. The lowest BCUT2D eigenvalue weighted by molar-refractivity contribution is 0.684. The van der Waals surface area contributed by atoms with Crippen molar-refractivity contribution in [1.29, 1.82) is 0 Å². The molecular formula is C15H19N3S. The Morgan fingerprint density at radius 1 is 1.42 bits per heavy atom. The molecule has 1 aromatic heterocycles. The third-order valence-corrected chi connectivity index (χ3v) is 4.50. The highest BCUT2D eigenvalue weighted by atomic mass is 32.1. The van der Waals surface area contributed by atoms with E-state index in [1.165, 1.54) is 29.7 Å². The van der Waals surface area contributed by atoms with Gasteiger partial charge in [0.1, 0.15) is 5.01 Å². The fourth-order valence-corrected chi connectivity index (χ4v) is 3.34. The highest BCUT2D eigenvalue weighted by molar-refractivity contribution is 7.09. The van der Waals surface area contributed by atoms with E-state index in [0.29, 0.717) is 6.54 Å². The van der Waals surface area contributed by atoms with Crippen LogP contribution >= 0.6 is 11.3 Å². The molecule has 1 aromatic carbocycles. The van der Waals surface area contributed by atoms with Crippen LogP contribution in [0.2, 0.25) is 0 Å². The summed E-state index contributed by atoms with van der Waals surface area (Å²) in [4.78, 5) is 7.00. The zero-order valence-corrected chi connectivity index (χ0v) is 12.0. The van der Waals surface area contributed by atoms with Crippen LogP contribution in [0.25, 0.3) is 0 Å². The maximum Gasteiger partial charge on any atom is 0.107 e. The van der Waals surface area contributed by atoms with E-state index in [-0.39, 0.29) is 0 Å². The molecule has 3 nitrogen and oxygen atoms in total. The second kappa shape index (κ2) is 5.31. The number of hydrogen-bond acceptors (Lipinski definition) is 4. The molecule has 0 fully saturated rings. The lowest BCUT2D eigenvalue weighted by Crippen LogP contribution is -2.29. The van der Waals surface area contributed by atoms with Crippen LogP contribution in [-0.4, -0.2) is 11.5 Å². The second-order valence-corrected chi connectivity index (χ2v) is 6.04. The van der Waals surface area contributed by atoms with Crippen LogP contribution in [0.1, 0.15) is 28.2 Å². The van der Waals surface area contributed by atoms with E-state index < -0.39 is 0 Å². The summed E-state index contributed by atoms with van der Waals surface area (Å²) in [6, 6.07) is 6.76. The topological polar surface area (TPSA) is 42.1 Å². The number of aryl methyl sites for hydroxylation is 2. The van der Waals surface area contributed by atoms with Gasteiger partial charge in [-0.3, -0.25) is 0 Å². The molecule has 0 spiro atoms. The summed E-state index contributed by atoms with van der Waals surface area (Å²) in [6.45, 7) is 4.71. The Kier molecular flexibility index (Phi) is 3.53. The Hall–Kier alpha value is -1.39. The molecule has 0 unspecified atom stereocenters. The van der Waals surface area contributed by atoms with Gasteiger partial charge in [0.2, 0.25) is 0 Å². The van der Waals surface area contributed by atoms with E-state index in [0.717, 1.165) is 23.8 Å². The Balaban J connectivity index is 1.83. The summed E-state index contributed by atoms with van der Waals surface area (Å²) in [5, 5.41) is 3.15. The van der Waals surface area contributed by atoms with Crippen LogP contribution in [0, 0.1) is 6.92 Å². The molecule has 0 radical (unpaired) electrons. The Morgan fingerprint density at radius 2 is 2.32 bits per heavy atom. The minimum atomic E-state index is 0.542. The van der Waals surface area contributed by atoms with Crippen molar-refractivity contribution in [1.82, 2.24) is 4.98 Å². The molecular weight excluding hydrogens is 254 g/mol. The van der Waals surface area contributed by atoms with E-state index in [9.17, 15) is 0 Å². The van der Waals surface area contributed by atoms with Crippen molar-refractivity contribution in [3.8, 4) is 0 Å². The van der Waals surface area contributed by atoms with Crippen molar-refractivity contribution in [2.75, 3.05) is 11.4 Å². The zero-order valence-electron chi connectivity index (χ0n) is 11.2. The summed E-state index contributed by atoms with van der Waals surface area (Å²) >= 11 is 1.66. The summed E-state index contributed by atoms with van der Waals surface area (Å²) in [7, 11) is 0. The van der Waals surface area contributed by atoms with Crippen LogP contribution in [0.3, 0.4) is 0 Å². The number of hydrogen-bond donors (Lipinski definition) is 1. The Labute approximate surface area is 118 Å². The maximum atomic E-state index is 5.62. The third-order valence-electron chi connectivity index (χ3n) is 3.58. The minimum Gasteiger partial charge on any atom is -0.365 e. The molecule has 19 heavy (non-hydrogen) atoms. The van der Waals surface area contributed by atoms with E-state index in [4.69, 9.17) is 5.73 Å². The maximum absolute atomic E-state index is 5.62. The summed E-state index contributed by atoms with van der Waals surface area (Å²) in [5.74, 6) is 0. The van der Waals surface area contributed by atoms with Crippen LogP contribution in [-0.2, 0) is 19.5 Å². The van der Waals surface area contributed by atoms with Crippen molar-refractivity contribution >= 4 is 17.0 Å². The van der Waals surface area contributed by atoms with Gasteiger partial charge in [-0.15, -0.1) is 11.3 Å². The normalized spacial score (nSPS) is 14.5. The van der Waals surface area contributed by atoms with Crippen LogP contribution in [0.15, 0.2) is 23.6 Å².